The van der Waals surface area contributed by atoms with Crippen molar-refractivity contribution in [3.8, 4) is 0 Å². The normalized spacial score (nSPS) is 36.6. The molecule has 3 aromatic rings. The number of imidazole rings is 1. The molecule has 2 amide bonds. The Hall–Kier alpha value is -4.13. The number of hydrogen-bond donors (Lipinski definition) is 6. The lowest BCUT2D eigenvalue weighted by Crippen LogP contribution is -2.64. The van der Waals surface area contributed by atoms with Crippen LogP contribution < -0.4 is 5.73 Å². The summed E-state index contributed by atoms with van der Waals surface area (Å²) in [5.74, 6) is -2.33. The van der Waals surface area contributed by atoms with Crippen molar-refractivity contribution in [2.24, 2.45) is 29.6 Å². The number of para-hydroxylation sites is 1. The fraction of sp³-hybridized carbons (Fsp3) is 0.794. The summed E-state index contributed by atoms with van der Waals surface area (Å²) in [6.07, 6.45) is -3.03. The summed E-state index contributed by atoms with van der Waals surface area (Å²) in [6, 6.07) is 6.68. The highest BCUT2D eigenvalue weighted by Crippen LogP contribution is 2.45. The van der Waals surface area contributed by atoms with Crippen LogP contribution in [-0.2, 0) is 51.0 Å². The monoisotopic (exact) mass is 1180 g/mol. The minimum absolute atomic E-state index is 0.0298. The first-order valence-electron chi connectivity index (χ1n) is 31.1. The number of pyridine rings is 1. The molecular formula is C63H104N8O13. The van der Waals surface area contributed by atoms with Crippen LogP contribution in [0.4, 0.5) is 5.82 Å². The zero-order valence-electron chi connectivity index (χ0n) is 53.1. The SMILES string of the molecule is CCCCc1nc2c(N)nc3ccccc3c2n1CCC1CCN(C(=O)CN(C)CC(=O)N(C)[C@H]2C[C@@H](C)OC(C3[C@@H](C)[C@H](O[C@H]4C[C@@](C)(OC)[C@@H](O)[C@H](C)O4)[C@@H](C)C(=O)O[C@H](CC)[C@@](C)(O)[C@H](O)[C@@H](C)N(C)C[C@H](C)C[C@@]3(C)O)[C@@H]2O)CC1. The van der Waals surface area contributed by atoms with Crippen LogP contribution in [0, 0.1) is 29.6 Å². The molecule has 2 unspecified atom stereocenters. The topological polar surface area (TPSA) is 268 Å². The van der Waals surface area contributed by atoms with E-state index in [1.165, 1.54) is 18.9 Å². The van der Waals surface area contributed by atoms with E-state index in [-0.39, 0.29) is 56.5 Å². The number of unbranched alkanes of at least 4 members (excludes halogenated alkanes) is 1. The summed E-state index contributed by atoms with van der Waals surface area (Å²) in [4.78, 5) is 59.7. The van der Waals surface area contributed by atoms with Gasteiger partial charge in [-0.2, -0.15) is 0 Å². The third kappa shape index (κ3) is 14.7. The predicted molar refractivity (Wildman–Crippen MR) is 321 cm³/mol. The second-order valence-electron chi connectivity index (χ2n) is 26.6. The van der Waals surface area contributed by atoms with Crippen molar-refractivity contribution in [2.75, 3.05) is 66.7 Å². The van der Waals surface area contributed by atoms with E-state index in [9.17, 15) is 39.9 Å². The summed E-state index contributed by atoms with van der Waals surface area (Å²) >= 11 is 0. The Morgan fingerprint density at radius 3 is 2.26 bits per heavy atom. The van der Waals surface area contributed by atoms with Gasteiger partial charge in [0.05, 0.1) is 71.7 Å². The van der Waals surface area contributed by atoms with Crippen LogP contribution in [0.2, 0.25) is 0 Å². The molecule has 474 valence electrons. The number of piperidine rings is 1. The van der Waals surface area contributed by atoms with Crippen LogP contribution in [0.1, 0.15) is 140 Å². The molecule has 2 aromatic heterocycles. The van der Waals surface area contributed by atoms with Gasteiger partial charge in [-0.15, -0.1) is 0 Å². The largest absolute Gasteiger partial charge is 0.459 e. The van der Waals surface area contributed by atoms with E-state index in [2.05, 4.69) is 22.5 Å². The molecule has 4 aliphatic rings. The molecule has 84 heavy (non-hydrogen) atoms. The summed E-state index contributed by atoms with van der Waals surface area (Å²) in [7, 11) is 6.73. The summed E-state index contributed by atoms with van der Waals surface area (Å²) in [5.41, 5.74) is 4.51. The van der Waals surface area contributed by atoms with Crippen LogP contribution in [0.15, 0.2) is 24.3 Å². The molecule has 1 aromatic carbocycles. The van der Waals surface area contributed by atoms with Crippen LogP contribution in [-0.4, -0.2) is 222 Å². The molecule has 0 saturated carbocycles. The van der Waals surface area contributed by atoms with Crippen molar-refractivity contribution < 1.29 is 63.6 Å². The number of benzene rings is 1. The summed E-state index contributed by atoms with van der Waals surface area (Å²) in [5, 5.41) is 61.9. The maximum absolute atomic E-state index is 14.7. The van der Waals surface area contributed by atoms with Gasteiger partial charge in [0.1, 0.15) is 41.4 Å². The molecule has 21 heteroatoms. The quantitative estimate of drug-likeness (QED) is 0.101. The molecule has 0 spiro atoms. The summed E-state index contributed by atoms with van der Waals surface area (Å²) < 4.78 is 34.3. The maximum atomic E-state index is 14.7. The van der Waals surface area contributed by atoms with Crippen LogP contribution in [0.5, 0.6) is 0 Å². The fourth-order valence-electron chi connectivity index (χ4n) is 14.5. The zero-order valence-corrected chi connectivity index (χ0v) is 53.1. The van der Waals surface area contributed by atoms with Crippen molar-refractivity contribution >= 4 is 45.5 Å². The number of nitrogens with zero attached hydrogens (tertiary/aromatic N) is 7. The Morgan fingerprint density at radius 2 is 1.61 bits per heavy atom. The number of anilines is 1. The van der Waals surface area contributed by atoms with E-state index in [0.29, 0.717) is 31.4 Å². The number of methoxy groups -OCH3 is 1. The Bertz CT molecular complexity index is 2680. The number of aliphatic hydroxyl groups excluding tert-OH is 3. The van der Waals surface area contributed by atoms with Gasteiger partial charge in [0.2, 0.25) is 11.8 Å². The van der Waals surface area contributed by atoms with Gasteiger partial charge in [-0.05, 0) is 131 Å². The first-order chi connectivity index (χ1) is 39.5. The van der Waals surface area contributed by atoms with E-state index in [1.54, 1.807) is 60.5 Å². The number of nitrogen functional groups attached to an aromatic ring is 1. The molecule has 0 bridgehead atoms. The predicted octanol–water partition coefficient (Wildman–Crippen LogP) is 5.15. The van der Waals surface area contributed by atoms with E-state index in [4.69, 9.17) is 34.4 Å². The Kier molecular flexibility index (Phi) is 22.4. The molecule has 18 atom stereocenters. The van der Waals surface area contributed by atoms with Gasteiger partial charge in [0.15, 0.2) is 12.1 Å². The molecule has 21 nitrogen and oxygen atoms in total. The van der Waals surface area contributed by atoms with Crippen LogP contribution in [0.25, 0.3) is 21.9 Å². The number of aryl methyl sites for hydroxylation is 2. The zero-order chi connectivity index (χ0) is 61.9. The highest BCUT2D eigenvalue weighted by molar-refractivity contribution is 6.06. The molecule has 7 N–H and O–H groups in total. The molecule has 4 saturated heterocycles. The number of amides is 2. The molecule has 4 fully saturated rings. The third-order valence-corrected chi connectivity index (χ3v) is 19.8. The van der Waals surface area contributed by atoms with Gasteiger partial charge in [-0.25, -0.2) is 9.97 Å². The number of likely N-dealkylation sites (N-methyl/N-ethyl adjacent to an activating group) is 3. The van der Waals surface area contributed by atoms with Crippen LogP contribution >= 0.6 is 0 Å². The smallest absolute Gasteiger partial charge is 0.311 e. The van der Waals surface area contributed by atoms with Crippen molar-refractivity contribution in [1.29, 1.82) is 0 Å². The Balaban J connectivity index is 1.07. The lowest BCUT2D eigenvalue weighted by molar-refractivity contribution is -0.302. The number of aliphatic hydroxyl groups is 5. The highest BCUT2D eigenvalue weighted by atomic mass is 16.7. The van der Waals surface area contributed by atoms with E-state index in [0.717, 1.165) is 72.8 Å². The number of likely N-dealkylation sites (tertiary alicyclic amines) is 1. The minimum atomic E-state index is -1.87. The van der Waals surface area contributed by atoms with E-state index < -0.39 is 108 Å². The molecule has 7 rings (SSSR count). The first-order valence-corrected chi connectivity index (χ1v) is 31.1. The molecule has 0 radical (unpaired) electrons. The number of nitrogens with two attached hydrogens (primary N) is 1. The molecular weight excluding hydrogens is 1080 g/mol. The Labute approximate surface area is 498 Å². The van der Waals surface area contributed by atoms with Gasteiger partial charge >= 0.3 is 5.97 Å². The number of carbonyl (C=O) groups is 3. The number of rotatable bonds is 16. The summed E-state index contributed by atoms with van der Waals surface area (Å²) in [6.45, 7) is 22.1. The average molecular weight is 1180 g/mol. The molecule has 0 aliphatic carbocycles. The molecule has 4 aliphatic heterocycles. The second-order valence-corrected chi connectivity index (χ2v) is 26.6. The van der Waals surface area contributed by atoms with Crippen molar-refractivity contribution in [2.45, 2.75) is 231 Å². The van der Waals surface area contributed by atoms with Crippen LogP contribution in [0.3, 0.4) is 0 Å². The number of carbonyl (C=O) groups excluding carboxylic acids is 3. The van der Waals surface area contributed by atoms with Crippen molar-refractivity contribution in [1.82, 2.24) is 34.1 Å². The number of ether oxygens (including phenoxy) is 5. The van der Waals surface area contributed by atoms with E-state index in [1.807, 2.05) is 55.8 Å². The Morgan fingerprint density at radius 1 is 0.929 bits per heavy atom. The van der Waals surface area contributed by atoms with Crippen molar-refractivity contribution in [3.63, 3.8) is 0 Å². The first kappa shape index (κ1) is 67.4. The number of esters is 1. The van der Waals surface area contributed by atoms with Gasteiger partial charge in [-0.1, -0.05) is 52.3 Å². The lowest BCUT2D eigenvalue weighted by Gasteiger charge is -2.52. The fourth-order valence-corrected chi connectivity index (χ4v) is 14.5. The highest BCUT2D eigenvalue weighted by Gasteiger charge is 2.56. The maximum Gasteiger partial charge on any atom is 0.311 e. The third-order valence-electron chi connectivity index (χ3n) is 19.8. The number of cyclic esters (lactones) is 1. The van der Waals surface area contributed by atoms with E-state index >= 15 is 0 Å². The van der Waals surface area contributed by atoms with Gasteiger partial charge in [-0.3, -0.25) is 19.3 Å². The van der Waals surface area contributed by atoms with Gasteiger partial charge in [0.25, 0.3) is 0 Å². The minimum Gasteiger partial charge on any atom is -0.459 e. The molecule has 6 heterocycles. The average Bonchev–Trinajstić information content (AvgIpc) is 3.60. The standard InChI is InChI=1S/C63H104N8O13/c1-16-18-23-47-66-52-53(43-21-19-20-22-44(43)65-59(52)64)71(47)29-26-42-24-27-70(28-25-42)49(73)35-67(12)34-48(72)69(14)45-30-37(4)81-56(54(45)74)51-38(5)55(84-50-32-62(10,80-15)58(76)41(8)82-50)39(6)60(77)83-46(17-2)63(11,79)57(75)40(7)68(13)33-36(3)31-61(51,9)78/h19-22,36-42,45-46,50-51,54-58,74-76,78-79H,16-18,23-35H2,1-15H3,(H2,64,65)/t36-,37-,38-,39-,40-,41+,45+,46-,50+,51?,54-,55+,56?,57-,58+,61-,62-,63-/m1/s1. The number of aromatic nitrogens is 3. The second kappa shape index (κ2) is 27.9. The number of hydrogen-bond acceptors (Lipinski definition) is 18. The number of fused-ring (bicyclic) bond motifs is 3. The lowest BCUT2D eigenvalue weighted by atomic mass is 9.66. The van der Waals surface area contributed by atoms with Crippen molar-refractivity contribution in [3.05, 3.63) is 30.1 Å². The van der Waals surface area contributed by atoms with Gasteiger partial charge < -0.3 is 74.2 Å². The van der Waals surface area contributed by atoms with Gasteiger partial charge in [0, 0.05) is 70.5 Å².